The van der Waals surface area contributed by atoms with E-state index in [1.54, 1.807) is 32.9 Å². The van der Waals surface area contributed by atoms with E-state index in [-0.39, 0.29) is 22.4 Å². The highest BCUT2D eigenvalue weighted by Crippen LogP contribution is 2.42. The fourth-order valence-electron chi connectivity index (χ4n) is 3.14. The Hall–Kier alpha value is -3.16. The maximum Gasteiger partial charge on any atom is 0.336 e. The van der Waals surface area contributed by atoms with Gasteiger partial charge in [0, 0.05) is 23.0 Å². The number of dihydropyridines is 1. The maximum atomic E-state index is 12.4. The summed E-state index contributed by atoms with van der Waals surface area (Å²) < 4.78 is 9.72. The lowest BCUT2D eigenvalue weighted by atomic mass is 9.79. The summed E-state index contributed by atoms with van der Waals surface area (Å²) in [5.74, 6) is -2.33. The number of allylic oxidation sites excluding steroid dienone is 2. The first kappa shape index (κ1) is 19.2. The van der Waals surface area contributed by atoms with E-state index in [0.717, 1.165) is 5.56 Å². The summed E-state index contributed by atoms with van der Waals surface area (Å²) in [7, 11) is 2.43. The lowest BCUT2D eigenvalue weighted by molar-refractivity contribution is -0.385. The second-order valence-electron chi connectivity index (χ2n) is 5.94. The standard InChI is InChI=1S/C18H20N2O6/c1-9-6-7-13(20(23)24)12(8-9)16-14(17(21)25-4)10(2)19-11(3)15(16)18(22)26-5/h6-8,16,19H,1-5H3. The van der Waals surface area contributed by atoms with Crippen LogP contribution in [0.1, 0.15) is 30.9 Å². The number of rotatable bonds is 4. The molecule has 0 atom stereocenters. The van der Waals surface area contributed by atoms with Crippen LogP contribution < -0.4 is 5.32 Å². The van der Waals surface area contributed by atoms with Gasteiger partial charge in [-0.05, 0) is 26.8 Å². The third-order valence-corrected chi connectivity index (χ3v) is 4.26. The Bertz CT molecular complexity index is 815. The molecule has 0 aliphatic carbocycles. The second kappa shape index (κ2) is 7.38. The second-order valence-corrected chi connectivity index (χ2v) is 5.94. The number of nitro benzene ring substituents is 1. The van der Waals surface area contributed by atoms with Crippen LogP contribution in [0.5, 0.6) is 0 Å². The highest BCUT2D eigenvalue weighted by atomic mass is 16.6. The summed E-state index contributed by atoms with van der Waals surface area (Å²) >= 11 is 0. The number of methoxy groups -OCH3 is 2. The number of carbonyl (C=O) groups is 2. The Morgan fingerprint density at radius 3 is 1.96 bits per heavy atom. The molecule has 8 heteroatoms. The normalized spacial score (nSPS) is 14.8. The Kier molecular flexibility index (Phi) is 5.44. The van der Waals surface area contributed by atoms with Gasteiger partial charge in [0.25, 0.3) is 5.69 Å². The largest absolute Gasteiger partial charge is 0.466 e. The molecule has 8 nitrogen and oxygen atoms in total. The zero-order chi connectivity index (χ0) is 19.6. The third kappa shape index (κ3) is 3.30. The highest BCUT2D eigenvalue weighted by Gasteiger charge is 2.40. The van der Waals surface area contributed by atoms with Gasteiger partial charge in [0.1, 0.15) is 0 Å². The molecule has 138 valence electrons. The average Bonchev–Trinajstić information content (AvgIpc) is 2.59. The number of hydrogen-bond acceptors (Lipinski definition) is 7. The van der Waals surface area contributed by atoms with Crippen molar-refractivity contribution in [2.24, 2.45) is 0 Å². The van der Waals surface area contributed by atoms with Crippen LogP contribution in [-0.2, 0) is 19.1 Å². The first-order valence-corrected chi connectivity index (χ1v) is 7.83. The van der Waals surface area contributed by atoms with Gasteiger partial charge in [-0.25, -0.2) is 9.59 Å². The molecule has 1 aliphatic rings. The average molecular weight is 360 g/mol. The summed E-state index contributed by atoms with van der Waals surface area (Å²) in [5, 5.41) is 14.5. The lowest BCUT2D eigenvalue weighted by Crippen LogP contribution is -2.32. The number of esters is 2. The predicted molar refractivity (Wildman–Crippen MR) is 93.1 cm³/mol. The minimum atomic E-state index is -0.976. The number of ether oxygens (including phenoxy) is 2. The summed E-state index contributed by atoms with van der Waals surface area (Å²) in [4.78, 5) is 35.9. The van der Waals surface area contributed by atoms with Crippen LogP contribution in [0, 0.1) is 17.0 Å². The molecule has 2 rings (SSSR count). The Balaban J connectivity index is 2.86. The van der Waals surface area contributed by atoms with E-state index in [4.69, 9.17) is 9.47 Å². The highest BCUT2D eigenvalue weighted by molar-refractivity contribution is 6.00. The number of nitrogens with one attached hydrogen (secondary N) is 1. The number of aryl methyl sites for hydroxylation is 1. The minimum Gasteiger partial charge on any atom is -0.466 e. The van der Waals surface area contributed by atoms with Crippen molar-refractivity contribution >= 4 is 17.6 Å². The molecule has 26 heavy (non-hydrogen) atoms. The Morgan fingerprint density at radius 2 is 1.54 bits per heavy atom. The monoisotopic (exact) mass is 360 g/mol. The fourth-order valence-corrected chi connectivity index (χ4v) is 3.14. The van der Waals surface area contributed by atoms with Gasteiger partial charge in [-0.1, -0.05) is 11.6 Å². The summed E-state index contributed by atoms with van der Waals surface area (Å²) in [5.41, 5.74) is 1.99. The molecule has 1 N–H and O–H groups in total. The van der Waals surface area contributed by atoms with Crippen molar-refractivity contribution < 1.29 is 24.0 Å². The SMILES string of the molecule is COC(=O)C1=C(C)NC(C)=C(C(=O)OC)C1c1cc(C)ccc1[N+](=O)[O-]. The first-order chi connectivity index (χ1) is 12.2. The van der Waals surface area contributed by atoms with Crippen molar-refractivity contribution in [3.05, 3.63) is 62.0 Å². The van der Waals surface area contributed by atoms with Gasteiger partial charge in [0.15, 0.2) is 0 Å². The zero-order valence-electron chi connectivity index (χ0n) is 15.2. The fraction of sp³-hybridized carbons (Fsp3) is 0.333. The summed E-state index contributed by atoms with van der Waals surface area (Å²) in [6.45, 7) is 5.08. The van der Waals surface area contributed by atoms with Crippen molar-refractivity contribution in [1.82, 2.24) is 5.32 Å². The summed E-state index contributed by atoms with van der Waals surface area (Å²) in [6.07, 6.45) is 0. The van der Waals surface area contributed by atoms with Crippen LogP contribution in [0.2, 0.25) is 0 Å². The number of hydrogen-bond donors (Lipinski definition) is 1. The molecule has 1 aromatic carbocycles. The molecule has 0 saturated carbocycles. The number of carbonyl (C=O) groups excluding carboxylic acids is 2. The molecule has 1 aromatic rings. The molecule has 1 aliphatic heterocycles. The topological polar surface area (TPSA) is 108 Å². The smallest absolute Gasteiger partial charge is 0.336 e. The summed E-state index contributed by atoms with van der Waals surface area (Å²) in [6, 6.07) is 4.56. The van der Waals surface area contributed by atoms with Crippen molar-refractivity contribution in [2.45, 2.75) is 26.7 Å². The zero-order valence-corrected chi connectivity index (χ0v) is 15.2. The van der Waals surface area contributed by atoms with E-state index in [1.165, 1.54) is 20.3 Å². The lowest BCUT2D eigenvalue weighted by Gasteiger charge is -2.29. The first-order valence-electron chi connectivity index (χ1n) is 7.83. The van der Waals surface area contributed by atoms with Crippen molar-refractivity contribution in [3.8, 4) is 0 Å². The molecule has 0 bridgehead atoms. The molecule has 1 heterocycles. The van der Waals surface area contributed by atoms with Crippen LogP contribution in [0.25, 0.3) is 0 Å². The minimum absolute atomic E-state index is 0.132. The third-order valence-electron chi connectivity index (χ3n) is 4.26. The number of nitro groups is 1. The molecular weight excluding hydrogens is 340 g/mol. The van der Waals surface area contributed by atoms with Gasteiger partial charge in [0.2, 0.25) is 0 Å². The van der Waals surface area contributed by atoms with Crippen molar-refractivity contribution in [2.75, 3.05) is 14.2 Å². The Morgan fingerprint density at radius 1 is 1.04 bits per heavy atom. The van der Waals surface area contributed by atoms with E-state index < -0.39 is 22.8 Å². The van der Waals surface area contributed by atoms with E-state index >= 15 is 0 Å². The van der Waals surface area contributed by atoms with Crippen molar-refractivity contribution in [1.29, 1.82) is 0 Å². The molecule has 0 fully saturated rings. The number of benzene rings is 1. The molecular formula is C18H20N2O6. The molecule has 0 saturated heterocycles. The van der Waals surface area contributed by atoms with Crippen LogP contribution in [0.4, 0.5) is 5.69 Å². The van der Waals surface area contributed by atoms with Crippen LogP contribution >= 0.6 is 0 Å². The quantitative estimate of drug-likeness (QED) is 0.499. The van der Waals surface area contributed by atoms with Crippen molar-refractivity contribution in [3.63, 3.8) is 0 Å². The van der Waals surface area contributed by atoms with E-state index in [0.29, 0.717) is 11.4 Å². The van der Waals surface area contributed by atoms with Crippen LogP contribution in [0.15, 0.2) is 40.7 Å². The molecule has 0 radical (unpaired) electrons. The van der Waals surface area contributed by atoms with Gasteiger partial charge in [-0.2, -0.15) is 0 Å². The molecule has 0 amide bonds. The van der Waals surface area contributed by atoms with Gasteiger partial charge in [-0.15, -0.1) is 0 Å². The van der Waals surface area contributed by atoms with Crippen LogP contribution in [-0.4, -0.2) is 31.1 Å². The van der Waals surface area contributed by atoms with Crippen LogP contribution in [0.3, 0.4) is 0 Å². The van der Waals surface area contributed by atoms with Gasteiger partial charge >= 0.3 is 11.9 Å². The predicted octanol–water partition coefficient (Wildman–Crippen LogP) is 2.48. The molecule has 0 spiro atoms. The molecule has 0 aromatic heterocycles. The number of nitrogens with zero attached hydrogens (tertiary/aromatic N) is 1. The van der Waals surface area contributed by atoms with Gasteiger partial charge in [-0.3, -0.25) is 10.1 Å². The van der Waals surface area contributed by atoms with Gasteiger partial charge in [0.05, 0.1) is 36.2 Å². The van der Waals surface area contributed by atoms with E-state index in [1.807, 2.05) is 0 Å². The van der Waals surface area contributed by atoms with Gasteiger partial charge < -0.3 is 14.8 Å². The maximum absolute atomic E-state index is 12.4. The molecule has 0 unspecified atom stereocenters. The van der Waals surface area contributed by atoms with E-state index in [9.17, 15) is 19.7 Å². The Labute approximate surface area is 150 Å². The van der Waals surface area contributed by atoms with E-state index in [2.05, 4.69) is 5.32 Å².